The van der Waals surface area contributed by atoms with Gasteiger partial charge in [-0.05, 0) is 25.1 Å². The van der Waals surface area contributed by atoms with E-state index in [0.717, 1.165) is 6.07 Å². The number of nitrogens with zero attached hydrogens (tertiary/aromatic N) is 2. The summed E-state index contributed by atoms with van der Waals surface area (Å²) in [5, 5.41) is 11.2. The van der Waals surface area contributed by atoms with E-state index in [1.807, 2.05) is 0 Å². The summed E-state index contributed by atoms with van der Waals surface area (Å²) < 4.78 is 13.3. The van der Waals surface area contributed by atoms with Crippen LogP contribution in [0.3, 0.4) is 0 Å². The molecule has 0 unspecified atom stereocenters. The van der Waals surface area contributed by atoms with E-state index < -0.39 is 5.82 Å². The second-order valence-electron chi connectivity index (χ2n) is 3.86. The summed E-state index contributed by atoms with van der Waals surface area (Å²) in [6, 6.07) is 3.89. The Balaban J connectivity index is 2.80. The highest BCUT2D eigenvalue weighted by Gasteiger charge is 2.15. The van der Waals surface area contributed by atoms with E-state index >= 15 is 0 Å². The zero-order valence-corrected chi connectivity index (χ0v) is 11.2. The number of carbonyl (C=O) groups is 1. The summed E-state index contributed by atoms with van der Waals surface area (Å²) in [5.41, 5.74) is 5.55. The molecular weight excluding hydrogens is 273 g/mol. The molecule has 1 aromatic rings. The largest absolute Gasteiger partial charge is 0.409 e. The maximum atomic E-state index is 13.3. The van der Waals surface area contributed by atoms with Gasteiger partial charge in [0.15, 0.2) is 0 Å². The van der Waals surface area contributed by atoms with Gasteiger partial charge in [-0.2, -0.15) is 0 Å². The van der Waals surface area contributed by atoms with Crippen LogP contribution < -0.4 is 5.73 Å². The van der Waals surface area contributed by atoms with E-state index in [4.69, 9.17) is 22.5 Å². The molecule has 0 bridgehead atoms. The molecule has 19 heavy (non-hydrogen) atoms. The first-order valence-corrected chi connectivity index (χ1v) is 6.08. The third-order valence-electron chi connectivity index (χ3n) is 2.60. The van der Waals surface area contributed by atoms with Crippen molar-refractivity contribution in [1.29, 1.82) is 0 Å². The van der Waals surface area contributed by atoms with Crippen molar-refractivity contribution < 1.29 is 14.4 Å². The predicted octanol–water partition coefficient (Wildman–Crippen LogP) is 2.08. The van der Waals surface area contributed by atoms with Crippen LogP contribution in [-0.4, -0.2) is 34.9 Å². The van der Waals surface area contributed by atoms with Crippen LogP contribution >= 0.6 is 11.6 Å². The summed E-state index contributed by atoms with van der Waals surface area (Å²) in [6.45, 7) is 2.51. The number of rotatable bonds is 5. The molecule has 1 amide bonds. The Morgan fingerprint density at radius 1 is 1.58 bits per heavy atom. The smallest absolute Gasteiger partial charge is 0.253 e. The van der Waals surface area contributed by atoms with Gasteiger partial charge >= 0.3 is 0 Å². The van der Waals surface area contributed by atoms with Crippen LogP contribution in [-0.2, 0) is 0 Å². The van der Waals surface area contributed by atoms with E-state index in [1.54, 1.807) is 6.92 Å². The van der Waals surface area contributed by atoms with E-state index in [2.05, 4.69) is 5.16 Å². The van der Waals surface area contributed by atoms with Gasteiger partial charge in [-0.3, -0.25) is 4.79 Å². The molecule has 0 aliphatic heterocycles. The Morgan fingerprint density at radius 2 is 2.26 bits per heavy atom. The van der Waals surface area contributed by atoms with Gasteiger partial charge in [-0.25, -0.2) is 4.39 Å². The lowest BCUT2D eigenvalue weighted by molar-refractivity contribution is 0.0768. The number of nitrogens with two attached hydrogens (primary N) is 1. The van der Waals surface area contributed by atoms with Gasteiger partial charge in [0.1, 0.15) is 11.7 Å². The number of halogens is 2. The van der Waals surface area contributed by atoms with Crippen molar-refractivity contribution in [3.8, 4) is 0 Å². The quantitative estimate of drug-likeness (QED) is 0.377. The lowest BCUT2D eigenvalue weighted by Gasteiger charge is -2.20. The lowest BCUT2D eigenvalue weighted by Crippen LogP contribution is -2.34. The van der Waals surface area contributed by atoms with Crippen molar-refractivity contribution in [2.75, 3.05) is 13.1 Å². The molecule has 0 heterocycles. The SMILES string of the molecule is CCN(CC/C(N)=N/O)C(=O)c1ccc(Cl)c(F)c1. The van der Waals surface area contributed by atoms with Gasteiger partial charge < -0.3 is 15.8 Å². The standard InChI is InChI=1S/C12H15ClFN3O2/c1-2-17(6-5-11(15)16-19)12(18)8-3-4-9(13)10(14)7-8/h3-4,7,19H,2,5-6H2,1H3,(H2,15,16). The van der Waals surface area contributed by atoms with Crippen LogP contribution in [0.4, 0.5) is 4.39 Å². The minimum Gasteiger partial charge on any atom is -0.409 e. The molecule has 0 aromatic heterocycles. The second kappa shape index (κ2) is 6.94. The number of amidine groups is 1. The van der Waals surface area contributed by atoms with Crippen LogP contribution in [0, 0.1) is 5.82 Å². The molecule has 0 fully saturated rings. The van der Waals surface area contributed by atoms with E-state index in [-0.39, 0.29) is 35.3 Å². The molecule has 0 spiro atoms. The Labute approximate surface area is 115 Å². The van der Waals surface area contributed by atoms with Gasteiger partial charge in [-0.15, -0.1) is 0 Å². The summed E-state index contributed by atoms with van der Waals surface area (Å²) in [5.74, 6) is -0.933. The maximum Gasteiger partial charge on any atom is 0.253 e. The van der Waals surface area contributed by atoms with Crippen LogP contribution in [0.25, 0.3) is 0 Å². The molecule has 0 atom stereocenters. The third-order valence-corrected chi connectivity index (χ3v) is 2.91. The fourth-order valence-corrected chi connectivity index (χ4v) is 1.63. The zero-order chi connectivity index (χ0) is 14.4. The number of hydrogen-bond donors (Lipinski definition) is 2. The minimum absolute atomic E-state index is 0.0312. The summed E-state index contributed by atoms with van der Waals surface area (Å²) >= 11 is 5.56. The van der Waals surface area contributed by atoms with Crippen molar-refractivity contribution in [2.24, 2.45) is 10.9 Å². The van der Waals surface area contributed by atoms with Crippen LogP contribution in [0.1, 0.15) is 23.7 Å². The first kappa shape index (κ1) is 15.2. The predicted molar refractivity (Wildman–Crippen MR) is 71.0 cm³/mol. The average Bonchev–Trinajstić information content (AvgIpc) is 2.41. The molecule has 104 valence electrons. The molecule has 0 aliphatic carbocycles. The number of oxime groups is 1. The highest BCUT2D eigenvalue weighted by atomic mass is 35.5. The Kier molecular flexibility index (Phi) is 5.57. The monoisotopic (exact) mass is 287 g/mol. The molecule has 1 aromatic carbocycles. The second-order valence-corrected chi connectivity index (χ2v) is 4.26. The first-order chi connectivity index (χ1) is 8.99. The van der Waals surface area contributed by atoms with Crippen molar-refractivity contribution >= 4 is 23.3 Å². The van der Waals surface area contributed by atoms with Crippen LogP contribution in [0.2, 0.25) is 5.02 Å². The normalized spacial score (nSPS) is 11.4. The molecular formula is C12H15ClFN3O2. The van der Waals surface area contributed by atoms with Crippen LogP contribution in [0.5, 0.6) is 0 Å². The van der Waals surface area contributed by atoms with Crippen LogP contribution in [0.15, 0.2) is 23.4 Å². The molecule has 3 N–H and O–H groups in total. The third kappa shape index (κ3) is 4.10. The molecule has 0 saturated carbocycles. The van der Waals surface area contributed by atoms with Gasteiger partial charge in [0.2, 0.25) is 0 Å². The fourth-order valence-electron chi connectivity index (χ4n) is 1.51. The molecule has 0 aliphatic rings. The highest BCUT2D eigenvalue weighted by Crippen LogP contribution is 2.16. The Hall–Kier alpha value is -1.82. The number of benzene rings is 1. The van der Waals surface area contributed by atoms with Crippen molar-refractivity contribution in [3.05, 3.63) is 34.6 Å². The number of hydrogen-bond acceptors (Lipinski definition) is 3. The summed E-state index contributed by atoms with van der Waals surface area (Å²) in [6.07, 6.45) is 0.242. The summed E-state index contributed by atoms with van der Waals surface area (Å²) in [7, 11) is 0. The van der Waals surface area contributed by atoms with Gasteiger partial charge in [0.05, 0.1) is 5.02 Å². The Morgan fingerprint density at radius 3 is 2.79 bits per heavy atom. The van der Waals surface area contributed by atoms with Crippen molar-refractivity contribution in [2.45, 2.75) is 13.3 Å². The van der Waals surface area contributed by atoms with E-state index in [0.29, 0.717) is 6.54 Å². The minimum atomic E-state index is -0.639. The van der Waals surface area contributed by atoms with E-state index in [9.17, 15) is 9.18 Å². The lowest BCUT2D eigenvalue weighted by atomic mass is 10.2. The van der Waals surface area contributed by atoms with Crippen molar-refractivity contribution in [3.63, 3.8) is 0 Å². The zero-order valence-electron chi connectivity index (χ0n) is 10.4. The molecule has 0 saturated heterocycles. The first-order valence-electron chi connectivity index (χ1n) is 5.70. The molecule has 1 rings (SSSR count). The fraction of sp³-hybridized carbons (Fsp3) is 0.333. The molecule has 5 nitrogen and oxygen atoms in total. The topological polar surface area (TPSA) is 78.9 Å². The maximum absolute atomic E-state index is 13.3. The number of amides is 1. The van der Waals surface area contributed by atoms with Gasteiger partial charge in [-0.1, -0.05) is 16.8 Å². The Bertz CT molecular complexity index is 494. The van der Waals surface area contributed by atoms with Gasteiger partial charge in [0, 0.05) is 25.1 Å². The average molecular weight is 288 g/mol. The van der Waals surface area contributed by atoms with E-state index in [1.165, 1.54) is 17.0 Å². The number of carbonyl (C=O) groups excluding carboxylic acids is 1. The molecule has 0 radical (unpaired) electrons. The highest BCUT2D eigenvalue weighted by molar-refractivity contribution is 6.30. The summed E-state index contributed by atoms with van der Waals surface area (Å²) in [4.78, 5) is 13.6. The van der Waals surface area contributed by atoms with Gasteiger partial charge in [0.25, 0.3) is 5.91 Å². The molecule has 7 heteroatoms. The van der Waals surface area contributed by atoms with Crippen molar-refractivity contribution in [1.82, 2.24) is 4.90 Å².